The third kappa shape index (κ3) is 4.10. The molecule has 0 fully saturated rings. The van der Waals surface area contributed by atoms with Crippen LogP contribution in [0.25, 0.3) is 16.9 Å². The largest absolute Gasteiger partial charge is 0.435 e. The summed E-state index contributed by atoms with van der Waals surface area (Å²) in [6.45, 7) is 3.40. The van der Waals surface area contributed by atoms with Gasteiger partial charge in [0.1, 0.15) is 0 Å². The maximum atomic E-state index is 13.2. The predicted molar refractivity (Wildman–Crippen MR) is 97.6 cm³/mol. The lowest BCUT2D eigenvalue weighted by Gasteiger charge is -2.09. The highest BCUT2D eigenvalue weighted by Gasteiger charge is 2.35. The minimum atomic E-state index is -4.61. The molecule has 3 rings (SSSR count). The van der Waals surface area contributed by atoms with Crippen molar-refractivity contribution < 1.29 is 25.8 Å². The summed E-state index contributed by atoms with van der Waals surface area (Å²) in [6, 6.07) is 13.3. The lowest BCUT2D eigenvalue weighted by molar-refractivity contribution is -0.141. The van der Waals surface area contributed by atoms with Gasteiger partial charge in [-0.15, -0.1) is 0 Å². The fourth-order valence-corrected chi connectivity index (χ4v) is 3.54. The second-order valence-corrected chi connectivity index (χ2v) is 7.66. The van der Waals surface area contributed by atoms with Crippen molar-refractivity contribution in [2.75, 3.05) is 6.61 Å². The number of nitrogens with zero attached hydrogens (tertiary/aromatic N) is 2. The summed E-state index contributed by atoms with van der Waals surface area (Å²) in [6.07, 6.45) is -4.61. The van der Waals surface area contributed by atoms with Crippen LogP contribution in [0.4, 0.5) is 13.2 Å². The maximum Gasteiger partial charge on any atom is 0.435 e. The Morgan fingerprint density at radius 1 is 1.04 bits per heavy atom. The van der Waals surface area contributed by atoms with Crippen molar-refractivity contribution in [1.82, 2.24) is 9.78 Å². The van der Waals surface area contributed by atoms with Crippen LogP contribution in [0.3, 0.4) is 0 Å². The maximum absolute atomic E-state index is 13.2. The molecule has 2 aromatic carbocycles. The van der Waals surface area contributed by atoms with Crippen LogP contribution < -0.4 is 0 Å². The van der Waals surface area contributed by atoms with Crippen molar-refractivity contribution in [3.63, 3.8) is 0 Å². The van der Waals surface area contributed by atoms with E-state index < -0.39 is 22.0 Å². The number of aromatic nitrogens is 2. The second-order valence-electron chi connectivity index (χ2n) is 6.04. The molecule has 0 aliphatic rings. The predicted octanol–water partition coefficient (Wildman–Crippen LogP) is 4.59. The molecule has 1 heterocycles. The highest BCUT2D eigenvalue weighted by molar-refractivity contribution is 7.86. The van der Waals surface area contributed by atoms with Gasteiger partial charge in [-0.3, -0.25) is 4.18 Å². The summed E-state index contributed by atoms with van der Waals surface area (Å²) in [4.78, 5) is -0.0850. The molecule has 0 saturated carbocycles. The summed E-state index contributed by atoms with van der Waals surface area (Å²) in [5.41, 5.74) is 1.03. The van der Waals surface area contributed by atoms with Crippen LogP contribution in [0.2, 0.25) is 0 Å². The van der Waals surface area contributed by atoms with E-state index in [1.54, 1.807) is 31.2 Å². The molecule has 5 nitrogen and oxygen atoms in total. The molecule has 0 spiro atoms. The summed E-state index contributed by atoms with van der Waals surface area (Å²) < 4.78 is 69.4. The number of halogens is 3. The molecule has 148 valence electrons. The van der Waals surface area contributed by atoms with Crippen molar-refractivity contribution in [2.24, 2.45) is 0 Å². The van der Waals surface area contributed by atoms with Crippen LogP contribution in [-0.2, 0) is 20.5 Å². The smallest absolute Gasteiger partial charge is 0.267 e. The minimum absolute atomic E-state index is 0.0181. The van der Waals surface area contributed by atoms with Crippen molar-refractivity contribution >= 4 is 10.1 Å². The van der Waals surface area contributed by atoms with Crippen LogP contribution >= 0.6 is 0 Å². The minimum Gasteiger partial charge on any atom is -0.267 e. The Kier molecular flexibility index (Phi) is 5.31. The first-order valence-electron chi connectivity index (χ1n) is 8.36. The Labute approximate surface area is 160 Å². The first kappa shape index (κ1) is 20.1. The van der Waals surface area contributed by atoms with Gasteiger partial charge in [0.25, 0.3) is 10.1 Å². The molecule has 0 aliphatic carbocycles. The summed E-state index contributed by atoms with van der Waals surface area (Å²) in [7, 11) is -3.90. The van der Waals surface area contributed by atoms with Gasteiger partial charge in [0.15, 0.2) is 5.69 Å². The molecule has 0 N–H and O–H groups in total. The molecule has 0 saturated heterocycles. The molecule has 28 heavy (non-hydrogen) atoms. The van der Waals surface area contributed by atoms with E-state index >= 15 is 0 Å². The molecule has 0 unspecified atom stereocenters. The molecule has 0 radical (unpaired) electrons. The zero-order valence-electron chi connectivity index (χ0n) is 15.1. The van der Waals surface area contributed by atoms with E-state index in [0.717, 1.165) is 16.3 Å². The second kappa shape index (κ2) is 7.40. The van der Waals surface area contributed by atoms with E-state index in [4.69, 9.17) is 4.18 Å². The number of benzene rings is 2. The fraction of sp³-hybridized carbons (Fsp3) is 0.211. The number of hydrogen-bond donors (Lipinski definition) is 0. The third-order valence-electron chi connectivity index (χ3n) is 3.99. The van der Waals surface area contributed by atoms with E-state index in [0.29, 0.717) is 11.3 Å². The van der Waals surface area contributed by atoms with Crippen LogP contribution in [0.1, 0.15) is 18.2 Å². The van der Waals surface area contributed by atoms with E-state index in [9.17, 15) is 21.6 Å². The summed E-state index contributed by atoms with van der Waals surface area (Å²) >= 11 is 0. The number of hydrogen-bond acceptors (Lipinski definition) is 4. The molecule has 0 aliphatic heterocycles. The van der Waals surface area contributed by atoms with Gasteiger partial charge in [0, 0.05) is 5.56 Å². The molecule has 9 heteroatoms. The average Bonchev–Trinajstić information content (AvgIpc) is 3.08. The van der Waals surface area contributed by atoms with Crippen molar-refractivity contribution in [3.05, 3.63) is 65.9 Å². The van der Waals surface area contributed by atoms with Crippen molar-refractivity contribution in [1.29, 1.82) is 0 Å². The van der Waals surface area contributed by atoms with E-state index in [2.05, 4.69) is 5.10 Å². The van der Waals surface area contributed by atoms with Crippen molar-refractivity contribution in [2.45, 2.75) is 24.9 Å². The first-order chi connectivity index (χ1) is 13.1. The van der Waals surface area contributed by atoms with Crippen LogP contribution in [0, 0.1) is 6.92 Å². The van der Waals surface area contributed by atoms with Gasteiger partial charge in [0.2, 0.25) is 0 Å². The van der Waals surface area contributed by atoms with E-state index in [1.165, 1.54) is 24.3 Å². The van der Waals surface area contributed by atoms with E-state index in [-0.39, 0.29) is 17.2 Å². The van der Waals surface area contributed by atoms with Gasteiger partial charge in [-0.1, -0.05) is 29.8 Å². The molecule has 3 aromatic rings. The molecule has 0 atom stereocenters. The molecular weight excluding hydrogens is 393 g/mol. The Balaban J connectivity index is 2.10. The SMILES string of the molecule is CCOS(=O)(=O)c1ccc(-n2nc(C(F)(F)F)cc2-c2ccc(C)cc2)cc1. The zero-order chi connectivity index (χ0) is 20.5. The molecule has 1 aromatic heterocycles. The highest BCUT2D eigenvalue weighted by atomic mass is 32.2. The Hall–Kier alpha value is -2.65. The fourth-order valence-electron chi connectivity index (χ4n) is 2.62. The topological polar surface area (TPSA) is 61.2 Å². The van der Waals surface area contributed by atoms with Gasteiger partial charge in [-0.25, -0.2) is 4.68 Å². The highest BCUT2D eigenvalue weighted by Crippen LogP contribution is 2.33. The molecular formula is C19H17F3N2O3S. The third-order valence-corrected chi connectivity index (χ3v) is 5.39. The normalized spacial score (nSPS) is 12.3. The van der Waals surface area contributed by atoms with Gasteiger partial charge >= 0.3 is 6.18 Å². The van der Waals surface area contributed by atoms with Crippen LogP contribution in [-0.4, -0.2) is 24.8 Å². The number of rotatable bonds is 5. The Morgan fingerprint density at radius 2 is 1.64 bits per heavy atom. The molecule has 0 amide bonds. The Morgan fingerprint density at radius 3 is 2.18 bits per heavy atom. The van der Waals surface area contributed by atoms with Crippen molar-refractivity contribution in [3.8, 4) is 16.9 Å². The molecule has 0 bridgehead atoms. The first-order valence-corrected chi connectivity index (χ1v) is 9.77. The summed E-state index contributed by atoms with van der Waals surface area (Å²) in [5.74, 6) is 0. The quantitative estimate of drug-likeness (QED) is 0.577. The zero-order valence-corrected chi connectivity index (χ0v) is 15.9. The number of alkyl halides is 3. The van der Waals surface area contributed by atoms with Gasteiger partial charge in [-0.2, -0.15) is 26.7 Å². The van der Waals surface area contributed by atoms with E-state index in [1.807, 2.05) is 6.92 Å². The Bertz CT molecular complexity index is 1070. The van der Waals surface area contributed by atoms with Gasteiger partial charge in [0.05, 0.1) is 22.9 Å². The van der Waals surface area contributed by atoms with Crippen LogP contribution in [0.15, 0.2) is 59.5 Å². The average molecular weight is 410 g/mol. The number of aryl methyl sites for hydroxylation is 1. The monoisotopic (exact) mass is 410 g/mol. The lowest BCUT2D eigenvalue weighted by atomic mass is 10.1. The van der Waals surface area contributed by atoms with Gasteiger partial charge in [-0.05, 0) is 44.2 Å². The standard InChI is InChI=1S/C19H17F3N2O3S/c1-3-27-28(25,26)16-10-8-15(9-11-16)24-17(12-18(23-24)19(20,21)22)14-6-4-13(2)5-7-14/h4-12H,3H2,1-2H3. The lowest BCUT2D eigenvalue weighted by Crippen LogP contribution is -2.08. The van der Waals surface area contributed by atoms with Gasteiger partial charge < -0.3 is 0 Å². The van der Waals surface area contributed by atoms with Crippen LogP contribution in [0.5, 0.6) is 0 Å². The summed E-state index contributed by atoms with van der Waals surface area (Å²) in [5, 5.41) is 3.69.